The van der Waals surface area contributed by atoms with E-state index in [-0.39, 0.29) is 17.2 Å². The first-order chi connectivity index (χ1) is 10.1. The monoisotopic (exact) mass is 285 g/mol. The predicted molar refractivity (Wildman–Crippen MR) is 83.5 cm³/mol. The van der Waals surface area contributed by atoms with E-state index in [1.54, 1.807) is 18.2 Å². The van der Waals surface area contributed by atoms with Crippen LogP contribution in [-0.2, 0) is 6.42 Å². The third-order valence-electron chi connectivity index (χ3n) is 3.10. The summed E-state index contributed by atoms with van der Waals surface area (Å²) in [4.78, 5) is 0. The van der Waals surface area contributed by atoms with Crippen molar-refractivity contribution in [3.05, 3.63) is 59.7 Å². The number of benzene rings is 2. The zero-order valence-electron chi connectivity index (χ0n) is 11.7. The van der Waals surface area contributed by atoms with Crippen molar-refractivity contribution in [2.75, 3.05) is 13.1 Å². The van der Waals surface area contributed by atoms with E-state index >= 15 is 0 Å². The first kappa shape index (κ1) is 14.9. The molecule has 4 N–H and O–H groups in total. The van der Waals surface area contributed by atoms with E-state index in [4.69, 9.17) is 0 Å². The molecule has 21 heavy (non-hydrogen) atoms. The number of phenols is 3. The second-order valence-electron chi connectivity index (χ2n) is 4.77. The molecule has 2 aromatic carbocycles. The molecule has 0 bridgehead atoms. The molecule has 0 aromatic heterocycles. The van der Waals surface area contributed by atoms with Crippen molar-refractivity contribution >= 4 is 6.08 Å². The summed E-state index contributed by atoms with van der Waals surface area (Å²) in [5.74, 6) is 0.0587. The molecule has 2 aromatic rings. The van der Waals surface area contributed by atoms with Crippen molar-refractivity contribution < 1.29 is 15.3 Å². The minimum Gasteiger partial charge on any atom is -0.508 e. The molecule has 0 spiro atoms. The summed E-state index contributed by atoms with van der Waals surface area (Å²) < 4.78 is 0. The van der Waals surface area contributed by atoms with Gasteiger partial charge in [0.2, 0.25) is 0 Å². The van der Waals surface area contributed by atoms with Crippen LogP contribution < -0.4 is 5.32 Å². The number of nitrogens with one attached hydrogen (secondary N) is 1. The van der Waals surface area contributed by atoms with E-state index in [1.165, 1.54) is 17.7 Å². The summed E-state index contributed by atoms with van der Waals surface area (Å²) in [5, 5.41) is 31.0. The molecule has 4 nitrogen and oxygen atoms in total. The number of hydrogen-bond donors (Lipinski definition) is 4. The Kier molecular flexibility index (Phi) is 5.23. The molecule has 0 unspecified atom stereocenters. The van der Waals surface area contributed by atoms with Crippen molar-refractivity contribution in [3.8, 4) is 17.2 Å². The fraction of sp³-hybridized carbons (Fsp3) is 0.176. The zero-order valence-corrected chi connectivity index (χ0v) is 11.7. The summed E-state index contributed by atoms with van der Waals surface area (Å²) in [6, 6.07) is 11.9. The highest BCUT2D eigenvalue weighted by molar-refractivity contribution is 5.55. The second kappa shape index (κ2) is 7.36. The van der Waals surface area contributed by atoms with Gasteiger partial charge < -0.3 is 20.6 Å². The average molecular weight is 285 g/mol. The van der Waals surface area contributed by atoms with Crippen LogP contribution in [-0.4, -0.2) is 28.4 Å². The van der Waals surface area contributed by atoms with E-state index in [0.717, 1.165) is 25.1 Å². The van der Waals surface area contributed by atoms with Crippen molar-refractivity contribution in [1.82, 2.24) is 5.32 Å². The minimum atomic E-state index is -0.113. The van der Waals surface area contributed by atoms with Crippen LogP contribution >= 0.6 is 0 Å². The first-order valence-electron chi connectivity index (χ1n) is 6.82. The molecule has 0 fully saturated rings. The van der Waals surface area contributed by atoms with E-state index in [1.807, 2.05) is 24.3 Å². The van der Waals surface area contributed by atoms with Crippen LogP contribution in [0.3, 0.4) is 0 Å². The normalized spacial score (nSPS) is 11.0. The molecule has 0 atom stereocenters. The van der Waals surface area contributed by atoms with E-state index in [2.05, 4.69) is 5.32 Å². The number of rotatable bonds is 6. The molecule has 0 aliphatic heterocycles. The quantitative estimate of drug-likeness (QED) is 0.486. The number of hydrogen-bond acceptors (Lipinski definition) is 4. The summed E-state index contributed by atoms with van der Waals surface area (Å²) in [6.07, 6.45) is 4.74. The molecule has 2 rings (SSSR count). The summed E-state index contributed by atoms with van der Waals surface area (Å²) >= 11 is 0. The maximum absolute atomic E-state index is 9.37. The molecular weight excluding hydrogens is 266 g/mol. The maximum atomic E-state index is 9.37. The van der Waals surface area contributed by atoms with Crippen molar-refractivity contribution in [2.24, 2.45) is 0 Å². The lowest BCUT2D eigenvalue weighted by Gasteiger charge is -2.03. The van der Waals surface area contributed by atoms with Crippen LogP contribution in [0.5, 0.6) is 17.2 Å². The van der Waals surface area contributed by atoms with Gasteiger partial charge in [-0.25, -0.2) is 0 Å². The molecule has 0 saturated carbocycles. The lowest BCUT2D eigenvalue weighted by atomic mass is 10.1. The van der Waals surface area contributed by atoms with Crippen LogP contribution in [0.1, 0.15) is 11.1 Å². The number of aromatic hydroxyl groups is 3. The highest BCUT2D eigenvalue weighted by Crippen LogP contribution is 2.25. The van der Waals surface area contributed by atoms with Gasteiger partial charge in [0.25, 0.3) is 0 Å². The summed E-state index contributed by atoms with van der Waals surface area (Å²) in [6.45, 7) is 1.57. The van der Waals surface area contributed by atoms with Gasteiger partial charge in [0, 0.05) is 6.54 Å². The molecule has 0 aliphatic rings. The standard InChI is InChI=1S/C17H19NO3/c19-15-6-3-13(4-7-15)9-11-18-10-1-2-14-5-8-16(20)17(21)12-14/h1-8,12,18-21H,9-11H2. The van der Waals surface area contributed by atoms with Crippen LogP contribution in [0.15, 0.2) is 48.5 Å². The van der Waals surface area contributed by atoms with Crippen LogP contribution in [0.25, 0.3) is 6.08 Å². The SMILES string of the molecule is Oc1ccc(CCNCC=Cc2ccc(O)c(O)c2)cc1. The highest BCUT2D eigenvalue weighted by atomic mass is 16.3. The molecular formula is C17H19NO3. The Balaban J connectivity index is 1.70. The Morgan fingerprint density at radius 2 is 1.67 bits per heavy atom. The topological polar surface area (TPSA) is 72.7 Å². The fourth-order valence-corrected chi connectivity index (χ4v) is 1.92. The Morgan fingerprint density at radius 1 is 0.905 bits per heavy atom. The zero-order chi connectivity index (χ0) is 15.1. The van der Waals surface area contributed by atoms with Gasteiger partial charge in [-0.15, -0.1) is 0 Å². The predicted octanol–water partition coefficient (Wildman–Crippen LogP) is 2.65. The minimum absolute atomic E-state index is 0.112. The van der Waals surface area contributed by atoms with E-state index < -0.39 is 0 Å². The molecule has 4 heteroatoms. The molecule has 110 valence electrons. The number of phenolic OH excluding ortho intramolecular Hbond substituents is 3. The Hall–Kier alpha value is -2.46. The molecule has 0 radical (unpaired) electrons. The van der Waals surface area contributed by atoms with Crippen molar-refractivity contribution in [3.63, 3.8) is 0 Å². The van der Waals surface area contributed by atoms with E-state index in [9.17, 15) is 15.3 Å². The van der Waals surface area contributed by atoms with Gasteiger partial charge in [0.1, 0.15) is 5.75 Å². The lowest BCUT2D eigenvalue weighted by Crippen LogP contribution is -2.16. The van der Waals surface area contributed by atoms with Gasteiger partial charge in [0.05, 0.1) is 0 Å². The second-order valence-corrected chi connectivity index (χ2v) is 4.77. The summed E-state index contributed by atoms with van der Waals surface area (Å²) in [7, 11) is 0. The summed E-state index contributed by atoms with van der Waals surface area (Å²) in [5.41, 5.74) is 2.01. The molecule has 0 saturated heterocycles. The smallest absolute Gasteiger partial charge is 0.157 e. The first-order valence-corrected chi connectivity index (χ1v) is 6.82. The molecule has 0 amide bonds. The van der Waals surface area contributed by atoms with Gasteiger partial charge in [0.15, 0.2) is 11.5 Å². The van der Waals surface area contributed by atoms with Crippen molar-refractivity contribution in [2.45, 2.75) is 6.42 Å². The van der Waals surface area contributed by atoms with Gasteiger partial charge in [-0.05, 0) is 48.4 Å². The van der Waals surface area contributed by atoms with Crippen LogP contribution in [0.4, 0.5) is 0 Å². The molecule has 0 aliphatic carbocycles. The van der Waals surface area contributed by atoms with Crippen LogP contribution in [0, 0.1) is 0 Å². The van der Waals surface area contributed by atoms with E-state index in [0.29, 0.717) is 0 Å². The van der Waals surface area contributed by atoms with Crippen LogP contribution in [0.2, 0.25) is 0 Å². The lowest BCUT2D eigenvalue weighted by molar-refractivity contribution is 0.403. The highest BCUT2D eigenvalue weighted by Gasteiger charge is 1.97. The largest absolute Gasteiger partial charge is 0.508 e. The van der Waals surface area contributed by atoms with Gasteiger partial charge >= 0.3 is 0 Å². The third-order valence-corrected chi connectivity index (χ3v) is 3.10. The molecule has 0 heterocycles. The van der Waals surface area contributed by atoms with Gasteiger partial charge in [-0.3, -0.25) is 0 Å². The third kappa shape index (κ3) is 4.85. The Bertz CT molecular complexity index is 606. The van der Waals surface area contributed by atoms with Gasteiger partial charge in [-0.2, -0.15) is 0 Å². The Labute approximate surface area is 124 Å². The maximum Gasteiger partial charge on any atom is 0.157 e. The van der Waals surface area contributed by atoms with Crippen molar-refractivity contribution in [1.29, 1.82) is 0 Å². The van der Waals surface area contributed by atoms with Gasteiger partial charge in [-0.1, -0.05) is 30.4 Å². The average Bonchev–Trinajstić information content (AvgIpc) is 2.48. The Morgan fingerprint density at radius 3 is 2.38 bits per heavy atom. The fourth-order valence-electron chi connectivity index (χ4n) is 1.92.